The monoisotopic (exact) mass is 381 g/mol. The summed E-state index contributed by atoms with van der Waals surface area (Å²) < 4.78 is 0. The van der Waals surface area contributed by atoms with E-state index in [1.54, 1.807) is 43.4 Å². The highest BCUT2D eigenvalue weighted by Crippen LogP contribution is 2.14. The molecule has 0 saturated heterocycles. The van der Waals surface area contributed by atoms with Gasteiger partial charge in [-0.3, -0.25) is 14.4 Å². The molecule has 0 spiro atoms. The van der Waals surface area contributed by atoms with Gasteiger partial charge in [0.2, 0.25) is 5.91 Å². The van der Waals surface area contributed by atoms with Gasteiger partial charge in [-0.1, -0.05) is 32.0 Å². The van der Waals surface area contributed by atoms with E-state index in [9.17, 15) is 14.4 Å². The average molecular weight is 381 g/mol. The van der Waals surface area contributed by atoms with E-state index in [0.29, 0.717) is 23.2 Å². The van der Waals surface area contributed by atoms with Gasteiger partial charge in [-0.25, -0.2) is 0 Å². The number of carbonyl (C=O) groups excluding carboxylic acids is 3. The molecule has 2 aromatic rings. The summed E-state index contributed by atoms with van der Waals surface area (Å²) in [5.74, 6) is -0.526. The summed E-state index contributed by atoms with van der Waals surface area (Å²) in [5.41, 5.74) is 2.48. The Balaban J connectivity index is 2.11. The third kappa shape index (κ3) is 5.67. The lowest BCUT2D eigenvalue weighted by Crippen LogP contribution is -2.44. The maximum atomic E-state index is 12.8. The number of aryl methyl sites for hydroxylation is 1. The van der Waals surface area contributed by atoms with Crippen molar-refractivity contribution in [2.45, 2.75) is 33.2 Å². The summed E-state index contributed by atoms with van der Waals surface area (Å²) >= 11 is 0. The number of amides is 3. The Kier molecular flexibility index (Phi) is 7.32. The molecule has 0 radical (unpaired) electrons. The molecule has 0 fully saturated rings. The van der Waals surface area contributed by atoms with Gasteiger partial charge in [-0.05, 0) is 55.2 Å². The van der Waals surface area contributed by atoms with Gasteiger partial charge < -0.3 is 16.0 Å². The van der Waals surface area contributed by atoms with Crippen molar-refractivity contribution in [1.29, 1.82) is 0 Å². The van der Waals surface area contributed by atoms with Crippen molar-refractivity contribution in [1.82, 2.24) is 10.6 Å². The molecule has 3 amide bonds. The molecule has 0 aliphatic heterocycles. The summed E-state index contributed by atoms with van der Waals surface area (Å²) in [6.45, 7) is 5.86. The molecule has 6 nitrogen and oxygen atoms in total. The number of hydrogen-bond acceptors (Lipinski definition) is 3. The molecule has 1 atom stereocenters. The average Bonchev–Trinajstić information content (AvgIpc) is 2.67. The summed E-state index contributed by atoms with van der Waals surface area (Å²) in [5, 5.41) is 8.22. The molecule has 3 N–H and O–H groups in total. The predicted octanol–water partition coefficient (Wildman–Crippen LogP) is 3.14. The summed E-state index contributed by atoms with van der Waals surface area (Å²) in [6.07, 6.45) is 0.514. The third-order valence-corrected chi connectivity index (χ3v) is 4.36. The molecule has 0 heterocycles. The Hall–Kier alpha value is -3.15. The van der Waals surface area contributed by atoms with Crippen LogP contribution in [0.2, 0.25) is 0 Å². The van der Waals surface area contributed by atoms with Crippen molar-refractivity contribution in [2.75, 3.05) is 12.4 Å². The van der Waals surface area contributed by atoms with Crippen LogP contribution in [0.15, 0.2) is 48.5 Å². The largest absolute Gasteiger partial charge is 0.355 e. The van der Waals surface area contributed by atoms with E-state index in [2.05, 4.69) is 16.0 Å². The predicted molar refractivity (Wildman–Crippen MR) is 110 cm³/mol. The van der Waals surface area contributed by atoms with E-state index in [-0.39, 0.29) is 23.6 Å². The van der Waals surface area contributed by atoms with Crippen LogP contribution in [-0.2, 0) is 4.79 Å². The Bertz CT molecular complexity index is 844. The van der Waals surface area contributed by atoms with Crippen molar-refractivity contribution in [3.63, 3.8) is 0 Å². The molecular formula is C22H27N3O3. The van der Waals surface area contributed by atoms with Gasteiger partial charge in [-0.15, -0.1) is 0 Å². The maximum absolute atomic E-state index is 12.8. The molecule has 2 rings (SSSR count). The molecule has 6 heteroatoms. The first-order chi connectivity index (χ1) is 13.3. The van der Waals surface area contributed by atoms with Gasteiger partial charge in [0, 0.05) is 23.9 Å². The molecule has 0 saturated carbocycles. The zero-order chi connectivity index (χ0) is 20.7. The summed E-state index contributed by atoms with van der Waals surface area (Å²) in [6, 6.07) is 13.2. The van der Waals surface area contributed by atoms with Crippen LogP contribution >= 0.6 is 0 Å². The van der Waals surface area contributed by atoms with Crippen molar-refractivity contribution in [2.24, 2.45) is 5.92 Å². The summed E-state index contributed by atoms with van der Waals surface area (Å²) in [7, 11) is 1.56. The van der Waals surface area contributed by atoms with Crippen LogP contribution < -0.4 is 16.0 Å². The number of hydrogen-bond donors (Lipinski definition) is 3. The van der Waals surface area contributed by atoms with Crippen LogP contribution in [0.1, 0.15) is 46.5 Å². The Morgan fingerprint density at radius 1 is 0.929 bits per heavy atom. The first kappa shape index (κ1) is 21.2. The molecule has 2 aromatic carbocycles. The molecule has 0 aliphatic carbocycles. The van der Waals surface area contributed by atoms with Crippen molar-refractivity contribution < 1.29 is 14.4 Å². The van der Waals surface area contributed by atoms with Crippen LogP contribution in [0.3, 0.4) is 0 Å². The standard InChI is InChI=1S/C22H27N3O3/c1-14(2)13-19(25-21(27)18-8-6-5-7-15(18)3)22(28)24-17-11-9-16(10-12-17)20(26)23-4/h5-12,14,19H,13H2,1-4H3,(H,23,26)(H,24,28)(H,25,27)/t19-/m0/s1. The molecule has 28 heavy (non-hydrogen) atoms. The minimum absolute atomic E-state index is 0.193. The van der Waals surface area contributed by atoms with Gasteiger partial charge in [-0.2, -0.15) is 0 Å². The van der Waals surface area contributed by atoms with E-state index in [0.717, 1.165) is 5.56 Å². The Morgan fingerprint density at radius 2 is 1.57 bits per heavy atom. The summed E-state index contributed by atoms with van der Waals surface area (Å²) in [4.78, 5) is 37.0. The van der Waals surface area contributed by atoms with Gasteiger partial charge in [0.1, 0.15) is 6.04 Å². The fourth-order valence-corrected chi connectivity index (χ4v) is 2.85. The van der Waals surface area contributed by atoms with Gasteiger partial charge >= 0.3 is 0 Å². The maximum Gasteiger partial charge on any atom is 0.252 e. The highest BCUT2D eigenvalue weighted by atomic mass is 16.2. The molecule has 0 bridgehead atoms. The van der Waals surface area contributed by atoms with Gasteiger partial charge in [0.05, 0.1) is 0 Å². The molecule has 0 aliphatic rings. The first-order valence-electron chi connectivity index (χ1n) is 9.31. The van der Waals surface area contributed by atoms with E-state index in [1.807, 2.05) is 32.9 Å². The highest BCUT2D eigenvalue weighted by Gasteiger charge is 2.23. The van der Waals surface area contributed by atoms with Crippen molar-refractivity contribution in [3.8, 4) is 0 Å². The minimum Gasteiger partial charge on any atom is -0.355 e. The number of anilines is 1. The van der Waals surface area contributed by atoms with Crippen LogP contribution in [0.25, 0.3) is 0 Å². The molecular weight excluding hydrogens is 354 g/mol. The lowest BCUT2D eigenvalue weighted by molar-refractivity contribution is -0.118. The number of benzene rings is 2. The smallest absolute Gasteiger partial charge is 0.252 e. The molecule has 0 unspecified atom stereocenters. The topological polar surface area (TPSA) is 87.3 Å². The second-order valence-electron chi connectivity index (χ2n) is 7.12. The molecule has 148 valence electrons. The van der Waals surface area contributed by atoms with E-state index >= 15 is 0 Å². The molecule has 0 aromatic heterocycles. The lowest BCUT2D eigenvalue weighted by atomic mass is 10.0. The third-order valence-electron chi connectivity index (χ3n) is 4.36. The fraction of sp³-hybridized carbons (Fsp3) is 0.318. The Morgan fingerprint density at radius 3 is 2.14 bits per heavy atom. The Labute approximate surface area is 165 Å². The second-order valence-corrected chi connectivity index (χ2v) is 7.12. The van der Waals surface area contributed by atoms with Crippen LogP contribution in [-0.4, -0.2) is 30.8 Å². The SMILES string of the molecule is CNC(=O)c1ccc(NC(=O)[C@H](CC(C)C)NC(=O)c2ccccc2C)cc1. The van der Waals surface area contributed by atoms with Crippen LogP contribution in [0.4, 0.5) is 5.69 Å². The van der Waals surface area contributed by atoms with E-state index in [1.165, 1.54) is 0 Å². The minimum atomic E-state index is -0.661. The van der Waals surface area contributed by atoms with Crippen molar-refractivity contribution in [3.05, 3.63) is 65.2 Å². The quantitative estimate of drug-likeness (QED) is 0.689. The number of rotatable bonds is 7. The van der Waals surface area contributed by atoms with Crippen LogP contribution in [0, 0.1) is 12.8 Å². The van der Waals surface area contributed by atoms with E-state index < -0.39 is 6.04 Å². The fourth-order valence-electron chi connectivity index (χ4n) is 2.85. The van der Waals surface area contributed by atoms with E-state index in [4.69, 9.17) is 0 Å². The number of nitrogens with one attached hydrogen (secondary N) is 3. The lowest BCUT2D eigenvalue weighted by Gasteiger charge is -2.21. The van der Waals surface area contributed by atoms with Crippen molar-refractivity contribution >= 4 is 23.4 Å². The zero-order valence-corrected chi connectivity index (χ0v) is 16.7. The first-order valence-corrected chi connectivity index (χ1v) is 9.31. The van der Waals surface area contributed by atoms with Gasteiger partial charge in [0.15, 0.2) is 0 Å². The van der Waals surface area contributed by atoms with Crippen LogP contribution in [0.5, 0.6) is 0 Å². The zero-order valence-electron chi connectivity index (χ0n) is 16.7. The number of carbonyl (C=O) groups is 3. The van der Waals surface area contributed by atoms with Gasteiger partial charge in [0.25, 0.3) is 11.8 Å². The normalized spacial score (nSPS) is 11.6. The second kappa shape index (κ2) is 9.69. The highest BCUT2D eigenvalue weighted by molar-refractivity contribution is 6.02.